The van der Waals surface area contributed by atoms with Crippen LogP contribution in [0.1, 0.15) is 24.4 Å². The molecular formula is C12H17N3S. The Hall–Kier alpha value is -1.13. The molecule has 0 fully saturated rings. The van der Waals surface area contributed by atoms with Gasteiger partial charge < -0.3 is 10.3 Å². The second-order valence-corrected chi connectivity index (χ2v) is 5.25. The number of hydrogen-bond donors (Lipinski definition) is 2. The summed E-state index contributed by atoms with van der Waals surface area (Å²) >= 11 is 1.77. The molecule has 0 saturated heterocycles. The van der Waals surface area contributed by atoms with Crippen molar-refractivity contribution in [2.24, 2.45) is 0 Å². The van der Waals surface area contributed by atoms with E-state index in [9.17, 15) is 0 Å². The highest BCUT2D eigenvalue weighted by molar-refractivity contribution is 7.15. The molecule has 0 saturated carbocycles. The molecule has 0 amide bonds. The first-order valence-corrected chi connectivity index (χ1v) is 6.31. The summed E-state index contributed by atoms with van der Waals surface area (Å²) in [5, 5.41) is 4.52. The van der Waals surface area contributed by atoms with Crippen LogP contribution in [0.5, 0.6) is 0 Å². The molecule has 3 nitrogen and oxygen atoms in total. The topological polar surface area (TPSA) is 40.7 Å². The standard InChI is InChI=1S/C12H17N3S/c1-8(2)14-7-11-9(3)15-12(16-11)10-4-5-13-6-10/h4-6,8,13-14H,7H2,1-3H3. The molecule has 0 radical (unpaired) electrons. The van der Waals surface area contributed by atoms with E-state index in [2.05, 4.69) is 42.1 Å². The summed E-state index contributed by atoms with van der Waals surface area (Å²) in [7, 11) is 0. The minimum absolute atomic E-state index is 0.511. The molecule has 2 rings (SSSR count). The number of aromatic amines is 1. The van der Waals surface area contributed by atoms with Crippen LogP contribution in [0.4, 0.5) is 0 Å². The smallest absolute Gasteiger partial charge is 0.125 e. The molecule has 0 unspecified atom stereocenters. The van der Waals surface area contributed by atoms with Crippen molar-refractivity contribution in [1.82, 2.24) is 15.3 Å². The molecule has 2 heterocycles. The average molecular weight is 235 g/mol. The zero-order valence-electron chi connectivity index (χ0n) is 9.87. The second-order valence-electron chi connectivity index (χ2n) is 4.16. The fraction of sp³-hybridized carbons (Fsp3) is 0.417. The van der Waals surface area contributed by atoms with Crippen molar-refractivity contribution in [2.45, 2.75) is 33.4 Å². The van der Waals surface area contributed by atoms with Gasteiger partial charge in [-0.05, 0) is 13.0 Å². The van der Waals surface area contributed by atoms with Crippen molar-refractivity contribution < 1.29 is 0 Å². The number of aromatic nitrogens is 2. The Labute approximate surface area is 99.9 Å². The maximum Gasteiger partial charge on any atom is 0.125 e. The summed E-state index contributed by atoms with van der Waals surface area (Å²) in [6.45, 7) is 7.29. The van der Waals surface area contributed by atoms with Crippen molar-refractivity contribution >= 4 is 11.3 Å². The van der Waals surface area contributed by atoms with Crippen molar-refractivity contribution in [2.75, 3.05) is 0 Å². The van der Waals surface area contributed by atoms with E-state index in [1.165, 1.54) is 10.4 Å². The number of rotatable bonds is 4. The molecule has 0 aromatic carbocycles. The number of nitrogens with zero attached hydrogens (tertiary/aromatic N) is 1. The lowest BCUT2D eigenvalue weighted by atomic mass is 10.3. The molecule has 86 valence electrons. The van der Waals surface area contributed by atoms with Crippen LogP contribution in [-0.2, 0) is 6.54 Å². The second kappa shape index (κ2) is 4.80. The zero-order valence-corrected chi connectivity index (χ0v) is 10.7. The van der Waals surface area contributed by atoms with Crippen LogP contribution < -0.4 is 5.32 Å². The van der Waals surface area contributed by atoms with Gasteiger partial charge in [-0.15, -0.1) is 11.3 Å². The van der Waals surface area contributed by atoms with Crippen LogP contribution in [0.2, 0.25) is 0 Å². The summed E-state index contributed by atoms with van der Waals surface area (Å²) in [6, 6.07) is 2.56. The molecule has 0 aliphatic heterocycles. The molecule has 0 aliphatic rings. The van der Waals surface area contributed by atoms with E-state index in [0.717, 1.165) is 17.2 Å². The van der Waals surface area contributed by atoms with Crippen LogP contribution in [0.3, 0.4) is 0 Å². The highest BCUT2D eigenvalue weighted by atomic mass is 32.1. The van der Waals surface area contributed by atoms with Crippen molar-refractivity contribution in [3.05, 3.63) is 29.0 Å². The lowest BCUT2D eigenvalue weighted by Gasteiger charge is -2.05. The molecular weight excluding hydrogens is 218 g/mol. The maximum absolute atomic E-state index is 4.59. The zero-order chi connectivity index (χ0) is 11.5. The van der Waals surface area contributed by atoms with Gasteiger partial charge in [0, 0.05) is 35.4 Å². The van der Waals surface area contributed by atoms with Crippen molar-refractivity contribution in [3.8, 4) is 10.6 Å². The molecule has 4 heteroatoms. The fourth-order valence-corrected chi connectivity index (χ4v) is 2.48. The quantitative estimate of drug-likeness (QED) is 0.855. The molecule has 2 N–H and O–H groups in total. The van der Waals surface area contributed by atoms with Crippen molar-refractivity contribution in [3.63, 3.8) is 0 Å². The number of thiazole rings is 1. The van der Waals surface area contributed by atoms with E-state index in [1.54, 1.807) is 11.3 Å². The van der Waals surface area contributed by atoms with Gasteiger partial charge in [0.25, 0.3) is 0 Å². The van der Waals surface area contributed by atoms with Gasteiger partial charge in [-0.2, -0.15) is 0 Å². The Morgan fingerprint density at radius 3 is 2.94 bits per heavy atom. The Morgan fingerprint density at radius 1 is 1.50 bits per heavy atom. The van der Waals surface area contributed by atoms with E-state index in [-0.39, 0.29) is 0 Å². The Balaban J connectivity index is 2.16. The lowest BCUT2D eigenvalue weighted by Crippen LogP contribution is -2.21. The Morgan fingerprint density at radius 2 is 2.31 bits per heavy atom. The monoisotopic (exact) mass is 235 g/mol. The molecule has 16 heavy (non-hydrogen) atoms. The molecule has 2 aromatic rings. The van der Waals surface area contributed by atoms with Gasteiger partial charge in [0.1, 0.15) is 5.01 Å². The van der Waals surface area contributed by atoms with Crippen molar-refractivity contribution in [1.29, 1.82) is 0 Å². The Kier molecular flexibility index (Phi) is 3.41. The van der Waals surface area contributed by atoms with E-state index in [0.29, 0.717) is 6.04 Å². The highest BCUT2D eigenvalue weighted by Crippen LogP contribution is 2.27. The summed E-state index contributed by atoms with van der Waals surface area (Å²) in [5.74, 6) is 0. The first-order chi connectivity index (χ1) is 7.66. The van der Waals surface area contributed by atoms with Crippen LogP contribution in [0.25, 0.3) is 10.6 Å². The van der Waals surface area contributed by atoms with Crippen LogP contribution in [0.15, 0.2) is 18.5 Å². The molecule has 0 aliphatic carbocycles. The number of H-pyrrole nitrogens is 1. The minimum atomic E-state index is 0.511. The summed E-state index contributed by atoms with van der Waals surface area (Å²) in [5.41, 5.74) is 2.30. The molecule has 2 aromatic heterocycles. The lowest BCUT2D eigenvalue weighted by molar-refractivity contribution is 0.591. The normalized spacial score (nSPS) is 11.2. The first-order valence-electron chi connectivity index (χ1n) is 5.49. The molecule has 0 atom stereocenters. The van der Waals surface area contributed by atoms with E-state index in [4.69, 9.17) is 0 Å². The van der Waals surface area contributed by atoms with Gasteiger partial charge in [0.05, 0.1) is 5.69 Å². The average Bonchev–Trinajstić information content (AvgIpc) is 2.83. The highest BCUT2D eigenvalue weighted by Gasteiger charge is 2.09. The maximum atomic E-state index is 4.59. The van der Waals surface area contributed by atoms with Gasteiger partial charge in [-0.1, -0.05) is 13.8 Å². The minimum Gasteiger partial charge on any atom is -0.367 e. The first kappa shape index (κ1) is 11.4. The molecule has 0 spiro atoms. The molecule has 0 bridgehead atoms. The summed E-state index contributed by atoms with van der Waals surface area (Å²) in [6.07, 6.45) is 3.91. The third-order valence-electron chi connectivity index (χ3n) is 2.41. The van der Waals surface area contributed by atoms with E-state index < -0.39 is 0 Å². The Bertz CT molecular complexity index is 443. The van der Waals surface area contributed by atoms with Gasteiger partial charge in [0.15, 0.2) is 0 Å². The predicted octanol–water partition coefficient (Wildman–Crippen LogP) is 2.94. The number of hydrogen-bond acceptors (Lipinski definition) is 3. The van der Waals surface area contributed by atoms with Gasteiger partial charge in [-0.3, -0.25) is 0 Å². The van der Waals surface area contributed by atoms with Gasteiger partial charge >= 0.3 is 0 Å². The van der Waals surface area contributed by atoms with Gasteiger partial charge in [-0.25, -0.2) is 4.98 Å². The van der Waals surface area contributed by atoms with E-state index in [1.807, 2.05) is 12.4 Å². The van der Waals surface area contributed by atoms with Gasteiger partial charge in [0.2, 0.25) is 0 Å². The van der Waals surface area contributed by atoms with Crippen LogP contribution in [0, 0.1) is 6.92 Å². The number of aryl methyl sites for hydroxylation is 1. The third-order valence-corrected chi connectivity index (χ3v) is 3.61. The summed E-state index contributed by atoms with van der Waals surface area (Å²) in [4.78, 5) is 8.97. The SMILES string of the molecule is Cc1nc(-c2cc[nH]c2)sc1CNC(C)C. The van der Waals surface area contributed by atoms with Crippen LogP contribution >= 0.6 is 11.3 Å². The largest absolute Gasteiger partial charge is 0.367 e. The predicted molar refractivity (Wildman–Crippen MR) is 68.6 cm³/mol. The summed E-state index contributed by atoms with van der Waals surface area (Å²) < 4.78 is 0. The number of nitrogens with one attached hydrogen (secondary N) is 2. The van der Waals surface area contributed by atoms with E-state index >= 15 is 0 Å². The third kappa shape index (κ3) is 2.51. The fourth-order valence-electron chi connectivity index (χ4n) is 1.47. The van der Waals surface area contributed by atoms with Crippen LogP contribution in [-0.4, -0.2) is 16.0 Å².